The Bertz CT molecular complexity index is 1360. The summed E-state index contributed by atoms with van der Waals surface area (Å²) in [6.07, 6.45) is 8.39. The molecule has 8 heteroatoms. The molecule has 5 rings (SSSR count). The summed E-state index contributed by atoms with van der Waals surface area (Å²) in [5.41, 5.74) is 6.91. The molecule has 3 aliphatic rings. The summed E-state index contributed by atoms with van der Waals surface area (Å²) in [4.78, 5) is 35.0. The van der Waals surface area contributed by atoms with Gasteiger partial charge in [0.25, 0.3) is 0 Å². The number of amides is 1. The molecule has 0 unspecified atom stereocenters. The summed E-state index contributed by atoms with van der Waals surface area (Å²) in [5, 5.41) is 10.8. The molecule has 0 saturated heterocycles. The molecule has 1 amide bonds. The predicted octanol–water partition coefficient (Wildman–Crippen LogP) is 3.17. The van der Waals surface area contributed by atoms with Crippen LogP contribution in [0.4, 0.5) is 11.5 Å². The van der Waals surface area contributed by atoms with Gasteiger partial charge in [0.15, 0.2) is 5.78 Å². The zero-order valence-corrected chi connectivity index (χ0v) is 18.3. The third-order valence-corrected chi connectivity index (χ3v) is 6.59. The fraction of sp³-hybridized carbons (Fsp3) is 0.200. The molecule has 1 aliphatic carbocycles. The van der Waals surface area contributed by atoms with E-state index in [2.05, 4.69) is 17.0 Å². The summed E-state index contributed by atoms with van der Waals surface area (Å²) in [5.74, 6) is 2.36. The lowest BCUT2D eigenvalue weighted by Crippen LogP contribution is -2.52. The highest BCUT2D eigenvalue weighted by Crippen LogP contribution is 2.56. The molecule has 1 aromatic heterocycles. The molecule has 0 bridgehead atoms. The first-order chi connectivity index (χ1) is 16.0. The Morgan fingerprint density at radius 1 is 1.21 bits per heavy atom. The average molecular weight is 456 g/mol. The van der Waals surface area contributed by atoms with E-state index in [4.69, 9.17) is 23.8 Å². The van der Waals surface area contributed by atoms with Crippen LogP contribution in [0.5, 0.6) is 0 Å². The number of fused-ring (bicyclic) bond motifs is 3. The largest absolute Gasteiger partial charge is 0.384 e. The van der Waals surface area contributed by atoms with E-state index in [9.17, 15) is 14.9 Å². The molecule has 0 fully saturated rings. The lowest BCUT2D eigenvalue weighted by Gasteiger charge is -2.43. The second kappa shape index (κ2) is 7.51. The van der Waals surface area contributed by atoms with Crippen LogP contribution in [0.3, 0.4) is 0 Å². The average Bonchev–Trinajstić information content (AvgIpc) is 3.05. The zero-order chi connectivity index (χ0) is 23.3. The second-order valence-corrected chi connectivity index (χ2v) is 8.44. The molecule has 7 nitrogen and oxygen atoms in total. The Morgan fingerprint density at radius 3 is 2.70 bits per heavy atom. The van der Waals surface area contributed by atoms with Crippen molar-refractivity contribution in [3.63, 3.8) is 0 Å². The number of halogens is 1. The number of nitrogens with two attached hydrogens (primary N) is 1. The summed E-state index contributed by atoms with van der Waals surface area (Å²) in [6.45, 7) is 0.00939. The van der Waals surface area contributed by atoms with Crippen LogP contribution in [0.2, 0.25) is 5.02 Å². The maximum absolute atomic E-state index is 14.1. The number of nitrogens with zero attached hydrogens (tertiary/aromatic N) is 4. The highest BCUT2D eigenvalue weighted by atomic mass is 35.5. The van der Waals surface area contributed by atoms with Crippen LogP contribution in [0.1, 0.15) is 24.8 Å². The van der Waals surface area contributed by atoms with Crippen LogP contribution < -0.4 is 15.5 Å². The number of nitriles is 1. The summed E-state index contributed by atoms with van der Waals surface area (Å²) >= 11 is 6.01. The Kier molecular flexibility index (Phi) is 4.74. The highest BCUT2D eigenvalue weighted by Gasteiger charge is 2.62. The fourth-order valence-corrected chi connectivity index (χ4v) is 5.25. The number of carbonyl (C=O) groups is 2. The van der Waals surface area contributed by atoms with Crippen LogP contribution in [0.15, 0.2) is 65.3 Å². The number of anilines is 2. The van der Waals surface area contributed by atoms with Gasteiger partial charge in [0.05, 0.1) is 17.1 Å². The number of ketones is 1. The third kappa shape index (κ3) is 2.67. The fourth-order valence-electron chi connectivity index (χ4n) is 5.14. The van der Waals surface area contributed by atoms with E-state index in [-0.39, 0.29) is 35.7 Å². The van der Waals surface area contributed by atoms with Crippen molar-refractivity contribution in [3.8, 4) is 18.4 Å². The van der Waals surface area contributed by atoms with Gasteiger partial charge in [-0.2, -0.15) is 5.26 Å². The quantitative estimate of drug-likeness (QED) is 0.697. The van der Waals surface area contributed by atoms with Gasteiger partial charge in [0.2, 0.25) is 5.91 Å². The minimum Gasteiger partial charge on any atom is -0.384 e. The van der Waals surface area contributed by atoms with Crippen LogP contribution in [0.25, 0.3) is 0 Å². The van der Waals surface area contributed by atoms with Crippen molar-refractivity contribution in [2.75, 3.05) is 16.3 Å². The second-order valence-electron chi connectivity index (χ2n) is 8.00. The van der Waals surface area contributed by atoms with Gasteiger partial charge in [-0.1, -0.05) is 35.7 Å². The molecule has 0 radical (unpaired) electrons. The minimum atomic E-state index is -1.64. The van der Waals surface area contributed by atoms with Gasteiger partial charge in [-0.25, -0.2) is 4.98 Å². The van der Waals surface area contributed by atoms with E-state index in [1.165, 1.54) is 11.1 Å². The van der Waals surface area contributed by atoms with Gasteiger partial charge in [0.1, 0.15) is 23.1 Å². The van der Waals surface area contributed by atoms with E-state index in [0.29, 0.717) is 40.6 Å². The maximum Gasteiger partial charge on any atom is 0.248 e. The van der Waals surface area contributed by atoms with Gasteiger partial charge in [0, 0.05) is 35.1 Å². The molecule has 162 valence electrons. The van der Waals surface area contributed by atoms with Gasteiger partial charge in [-0.15, -0.1) is 6.42 Å². The number of benzene rings is 1. The number of Topliss-reactive ketones (excluding diaryl/α,β-unsaturated/α-hetero) is 1. The van der Waals surface area contributed by atoms with Gasteiger partial charge in [-0.05, 0) is 31.0 Å². The van der Waals surface area contributed by atoms with Crippen molar-refractivity contribution in [2.24, 2.45) is 5.73 Å². The molecule has 3 heterocycles. The Labute approximate surface area is 195 Å². The molecule has 1 atom stereocenters. The molecule has 2 aromatic rings. The molecule has 33 heavy (non-hydrogen) atoms. The predicted molar refractivity (Wildman–Crippen MR) is 124 cm³/mol. The molecule has 1 aromatic carbocycles. The lowest BCUT2D eigenvalue weighted by molar-refractivity contribution is -0.124. The van der Waals surface area contributed by atoms with Gasteiger partial charge < -0.3 is 5.73 Å². The number of hydrogen-bond donors (Lipinski definition) is 1. The molecule has 0 saturated carbocycles. The van der Waals surface area contributed by atoms with E-state index in [1.807, 2.05) is 0 Å². The number of hydrogen-bond acceptors (Lipinski definition) is 6. The minimum absolute atomic E-state index is 0.00905. The monoisotopic (exact) mass is 455 g/mol. The first kappa shape index (κ1) is 20.8. The first-order valence-electron chi connectivity index (χ1n) is 10.4. The normalized spacial score (nSPS) is 21.8. The number of allylic oxidation sites excluding steroid dienone is 1. The van der Waals surface area contributed by atoms with Crippen LogP contribution >= 0.6 is 11.6 Å². The smallest absolute Gasteiger partial charge is 0.248 e. The molecule has 2 aliphatic heterocycles. The van der Waals surface area contributed by atoms with E-state index in [1.54, 1.807) is 41.3 Å². The van der Waals surface area contributed by atoms with E-state index in [0.717, 1.165) is 0 Å². The first-order valence-corrected chi connectivity index (χ1v) is 10.8. The van der Waals surface area contributed by atoms with Crippen LogP contribution in [0, 0.1) is 23.7 Å². The number of pyridine rings is 1. The topological polar surface area (TPSA) is 103 Å². The van der Waals surface area contributed by atoms with Gasteiger partial charge in [-0.3, -0.25) is 19.4 Å². The number of terminal acetylenes is 1. The van der Waals surface area contributed by atoms with E-state index >= 15 is 0 Å². The van der Waals surface area contributed by atoms with Crippen molar-refractivity contribution in [3.05, 3.63) is 75.8 Å². The standard InChI is InChI=1S/C25H18ClN5O2/c1-2-12-30-18-7-4-3-6-16(18)25(24(30)33)17(13-27)23(28)31(21-11-10-15(26)14-29-21)19-8-5-9-20(32)22(19)25/h1,3-4,6-7,10-11,14H,5,8-9,12,28H2/t25-/m1/s1. The molecular formula is C25H18ClN5O2. The zero-order valence-electron chi connectivity index (χ0n) is 17.5. The summed E-state index contributed by atoms with van der Waals surface area (Å²) in [7, 11) is 0. The van der Waals surface area contributed by atoms with Crippen molar-refractivity contribution in [1.82, 2.24) is 4.98 Å². The molecule has 2 N–H and O–H groups in total. The number of para-hydroxylation sites is 1. The van der Waals surface area contributed by atoms with Gasteiger partial charge >= 0.3 is 0 Å². The van der Waals surface area contributed by atoms with Crippen molar-refractivity contribution >= 4 is 34.8 Å². The van der Waals surface area contributed by atoms with Crippen LogP contribution in [-0.2, 0) is 15.0 Å². The highest BCUT2D eigenvalue weighted by molar-refractivity contribution is 6.30. The number of carbonyl (C=O) groups excluding carboxylic acids is 2. The number of aromatic nitrogens is 1. The SMILES string of the molecule is C#CCN1C(=O)[C@@]2(C(C#N)=C(N)N(c3ccc(Cl)cn3)C3=C2C(=O)CCC3)c2ccccc21. The van der Waals surface area contributed by atoms with Crippen molar-refractivity contribution in [1.29, 1.82) is 5.26 Å². The summed E-state index contributed by atoms with van der Waals surface area (Å²) < 4.78 is 0. The Hall–Kier alpha value is -4.07. The molecular weight excluding hydrogens is 438 g/mol. The lowest BCUT2D eigenvalue weighted by atomic mass is 9.64. The van der Waals surface area contributed by atoms with Crippen molar-refractivity contribution in [2.45, 2.75) is 24.7 Å². The molecule has 1 spiro atoms. The van der Waals surface area contributed by atoms with Crippen LogP contribution in [-0.4, -0.2) is 23.2 Å². The Balaban J connectivity index is 1.88. The maximum atomic E-state index is 14.1. The third-order valence-electron chi connectivity index (χ3n) is 6.37. The number of rotatable bonds is 2. The summed E-state index contributed by atoms with van der Waals surface area (Å²) in [6, 6.07) is 12.6. The van der Waals surface area contributed by atoms with E-state index < -0.39 is 11.3 Å². The Morgan fingerprint density at radius 2 is 2.00 bits per heavy atom. The van der Waals surface area contributed by atoms with Crippen molar-refractivity contribution < 1.29 is 9.59 Å².